The summed E-state index contributed by atoms with van der Waals surface area (Å²) in [6, 6.07) is 21.8. The van der Waals surface area contributed by atoms with Crippen LogP contribution in [0.1, 0.15) is 61.7 Å². The molecule has 0 saturated heterocycles. The molecule has 0 spiro atoms. The van der Waals surface area contributed by atoms with Crippen LogP contribution in [0.25, 0.3) is 18.2 Å². The van der Waals surface area contributed by atoms with Crippen molar-refractivity contribution < 1.29 is 24.1 Å². The fourth-order valence-corrected chi connectivity index (χ4v) is 2.85. The van der Waals surface area contributed by atoms with Crippen LogP contribution in [0.2, 0.25) is 0 Å². The first-order valence-corrected chi connectivity index (χ1v) is 12.4. The Morgan fingerprint density at radius 3 is 1.63 bits per heavy atom. The zero-order valence-corrected chi connectivity index (χ0v) is 23.1. The van der Waals surface area contributed by atoms with E-state index in [-0.39, 0.29) is 12.3 Å². The van der Waals surface area contributed by atoms with Crippen LogP contribution in [0.5, 0.6) is 11.5 Å². The Hall–Kier alpha value is -4.09. The molecule has 202 valence electrons. The van der Waals surface area contributed by atoms with E-state index in [2.05, 4.69) is 19.7 Å². The second-order valence-electron chi connectivity index (χ2n) is 9.04. The van der Waals surface area contributed by atoms with Crippen LogP contribution in [-0.4, -0.2) is 29.6 Å². The van der Waals surface area contributed by atoms with Crippen molar-refractivity contribution in [1.29, 1.82) is 0 Å². The number of rotatable bonds is 8. The number of hydrogen-bond acceptors (Lipinski definition) is 5. The summed E-state index contributed by atoms with van der Waals surface area (Å²) in [6.07, 6.45) is 5.07. The molecule has 0 amide bonds. The minimum absolute atomic E-state index is 0.199. The zero-order valence-electron chi connectivity index (χ0n) is 23.1. The quantitative estimate of drug-likeness (QED) is 0.240. The maximum atomic E-state index is 11.6. The normalized spacial score (nSPS) is 10.9. The fourth-order valence-electron chi connectivity index (χ4n) is 2.85. The van der Waals surface area contributed by atoms with E-state index >= 15 is 0 Å². The molecule has 0 aliphatic carbocycles. The van der Waals surface area contributed by atoms with Gasteiger partial charge >= 0.3 is 5.97 Å². The van der Waals surface area contributed by atoms with E-state index in [1.165, 1.54) is 0 Å². The van der Waals surface area contributed by atoms with Gasteiger partial charge in [-0.2, -0.15) is 0 Å². The van der Waals surface area contributed by atoms with Crippen LogP contribution in [0.3, 0.4) is 0 Å². The van der Waals surface area contributed by atoms with Gasteiger partial charge in [-0.3, -0.25) is 0 Å². The summed E-state index contributed by atoms with van der Waals surface area (Å²) in [6.45, 7) is 20.9. The van der Waals surface area contributed by atoms with E-state index in [1.807, 2.05) is 83.1 Å². The fraction of sp³-hybridized carbons (Fsp3) is 0.242. The lowest BCUT2D eigenvalue weighted by molar-refractivity contribution is -0.0613. The van der Waals surface area contributed by atoms with Crippen LogP contribution in [-0.2, 0) is 9.47 Å². The van der Waals surface area contributed by atoms with Crippen LogP contribution >= 0.6 is 0 Å². The van der Waals surface area contributed by atoms with Crippen LogP contribution in [0.15, 0.2) is 92.5 Å². The molecule has 0 saturated carbocycles. The number of carbonyl (C=O) groups is 1. The molecule has 5 nitrogen and oxygen atoms in total. The van der Waals surface area contributed by atoms with Crippen molar-refractivity contribution >= 4 is 24.2 Å². The van der Waals surface area contributed by atoms with Crippen molar-refractivity contribution in [1.82, 2.24) is 0 Å². The molecule has 3 aromatic carbocycles. The number of ether oxygens (including phenoxy) is 3. The number of phenols is 1. The highest BCUT2D eigenvalue weighted by Gasteiger charge is 2.17. The van der Waals surface area contributed by atoms with Gasteiger partial charge in [-0.1, -0.05) is 74.4 Å². The van der Waals surface area contributed by atoms with Crippen molar-refractivity contribution in [3.63, 3.8) is 0 Å². The molecule has 1 atom stereocenters. The van der Waals surface area contributed by atoms with Gasteiger partial charge in [0.1, 0.15) is 17.1 Å². The molecule has 5 heteroatoms. The Morgan fingerprint density at radius 1 is 0.816 bits per heavy atom. The molecule has 0 bridgehead atoms. The molecule has 0 aliphatic rings. The average molecular weight is 517 g/mol. The van der Waals surface area contributed by atoms with E-state index in [4.69, 9.17) is 19.3 Å². The van der Waals surface area contributed by atoms with Crippen molar-refractivity contribution in [2.75, 3.05) is 6.61 Å². The third-order valence-corrected chi connectivity index (χ3v) is 4.73. The molecule has 3 aromatic rings. The molecule has 0 heterocycles. The van der Waals surface area contributed by atoms with Gasteiger partial charge in [0.25, 0.3) is 0 Å². The Balaban J connectivity index is 0.000000294. The Kier molecular flexibility index (Phi) is 14.0. The second-order valence-corrected chi connectivity index (χ2v) is 9.04. The van der Waals surface area contributed by atoms with E-state index in [0.717, 1.165) is 22.4 Å². The first-order valence-electron chi connectivity index (χ1n) is 12.4. The predicted octanol–water partition coefficient (Wildman–Crippen LogP) is 8.41. The maximum absolute atomic E-state index is 11.6. The lowest BCUT2D eigenvalue weighted by atomic mass is 10.1. The lowest BCUT2D eigenvalue weighted by Crippen LogP contribution is -2.23. The molecule has 0 aromatic heterocycles. The molecular formula is C33H40O5. The largest absolute Gasteiger partial charge is 0.508 e. The number of phenolic OH excluding ortho intramolecular Hbond substituents is 1. The third kappa shape index (κ3) is 13.3. The maximum Gasteiger partial charge on any atom is 0.338 e. The molecule has 1 unspecified atom stereocenters. The molecule has 0 fully saturated rings. The number of hydrogen-bond donors (Lipinski definition) is 1. The smallest absolute Gasteiger partial charge is 0.338 e. The molecule has 3 rings (SSSR count). The minimum atomic E-state index is -0.450. The highest BCUT2D eigenvalue weighted by molar-refractivity contribution is 5.89. The second kappa shape index (κ2) is 16.6. The van der Waals surface area contributed by atoms with Crippen LogP contribution < -0.4 is 4.74 Å². The van der Waals surface area contributed by atoms with Crippen molar-refractivity contribution in [2.24, 2.45) is 0 Å². The van der Waals surface area contributed by atoms with Gasteiger partial charge < -0.3 is 19.3 Å². The van der Waals surface area contributed by atoms with Gasteiger partial charge in [0, 0.05) is 6.61 Å². The van der Waals surface area contributed by atoms with Gasteiger partial charge in [0.15, 0.2) is 6.29 Å². The molecule has 1 N–H and O–H groups in total. The standard InChI is InChI=1S/C13H16O2.C12H16O2.C8H8O/c1-5-10-6-8-11(9-7-10)12(14)15-13(2,3)4;1-4-11-6-8-12(9-7-11)14-10(3)13-5-2;1-2-7-3-5-8(9)6-4-7/h5-9H,1H2,2-4H3;4,6-10H,1,5H2,2-3H3;2-6,9H,1H2. The Bertz CT molecular complexity index is 1120. The summed E-state index contributed by atoms with van der Waals surface area (Å²) in [5.74, 6) is 0.815. The third-order valence-electron chi connectivity index (χ3n) is 4.73. The van der Waals surface area contributed by atoms with Gasteiger partial charge in [-0.15, -0.1) is 0 Å². The topological polar surface area (TPSA) is 65.0 Å². The van der Waals surface area contributed by atoms with Crippen molar-refractivity contribution in [3.05, 3.63) is 115 Å². The van der Waals surface area contributed by atoms with Crippen molar-refractivity contribution in [2.45, 2.75) is 46.5 Å². The van der Waals surface area contributed by atoms with E-state index in [1.54, 1.807) is 42.5 Å². The van der Waals surface area contributed by atoms with Crippen LogP contribution in [0, 0.1) is 0 Å². The summed E-state index contributed by atoms with van der Waals surface area (Å²) >= 11 is 0. The summed E-state index contributed by atoms with van der Waals surface area (Å²) < 4.78 is 16.0. The summed E-state index contributed by atoms with van der Waals surface area (Å²) in [5, 5.41) is 8.82. The monoisotopic (exact) mass is 516 g/mol. The summed E-state index contributed by atoms with van der Waals surface area (Å²) in [4.78, 5) is 11.6. The van der Waals surface area contributed by atoms with Gasteiger partial charge in [-0.05, 0) is 87.7 Å². The highest BCUT2D eigenvalue weighted by atomic mass is 16.7. The van der Waals surface area contributed by atoms with Gasteiger partial charge in [0.05, 0.1) is 5.56 Å². The number of esters is 1. The molecular weight excluding hydrogens is 476 g/mol. The Labute approximate surface area is 227 Å². The van der Waals surface area contributed by atoms with Crippen molar-refractivity contribution in [3.8, 4) is 11.5 Å². The summed E-state index contributed by atoms with van der Waals surface area (Å²) in [7, 11) is 0. The predicted molar refractivity (Wildman–Crippen MR) is 158 cm³/mol. The molecule has 38 heavy (non-hydrogen) atoms. The summed E-state index contributed by atoms with van der Waals surface area (Å²) in [5.41, 5.74) is 3.21. The van der Waals surface area contributed by atoms with Gasteiger partial charge in [0.2, 0.25) is 0 Å². The number of carbonyl (C=O) groups excluding carboxylic acids is 1. The SMILES string of the molecule is C=Cc1ccc(C(=O)OC(C)(C)C)cc1.C=Cc1ccc(O)cc1.C=Cc1ccc(OC(C)OCC)cc1. The van der Waals surface area contributed by atoms with Gasteiger partial charge in [-0.25, -0.2) is 4.79 Å². The van der Waals surface area contributed by atoms with E-state index in [9.17, 15) is 4.79 Å². The average Bonchev–Trinajstić information content (AvgIpc) is 2.89. The number of aromatic hydroxyl groups is 1. The Morgan fingerprint density at radius 2 is 1.24 bits per heavy atom. The highest BCUT2D eigenvalue weighted by Crippen LogP contribution is 2.15. The van der Waals surface area contributed by atoms with E-state index in [0.29, 0.717) is 17.9 Å². The minimum Gasteiger partial charge on any atom is -0.508 e. The zero-order chi connectivity index (χ0) is 28.6. The molecule has 0 aliphatic heterocycles. The first-order chi connectivity index (χ1) is 18.0. The van der Waals surface area contributed by atoms with Crippen LogP contribution in [0.4, 0.5) is 0 Å². The number of benzene rings is 3. The lowest BCUT2D eigenvalue weighted by Gasteiger charge is -2.19. The molecule has 0 radical (unpaired) electrons. The first kappa shape index (κ1) is 31.9. The van der Waals surface area contributed by atoms with E-state index < -0.39 is 5.60 Å².